The van der Waals surface area contributed by atoms with Gasteiger partial charge in [0.2, 0.25) is 0 Å². The van der Waals surface area contributed by atoms with Crippen molar-refractivity contribution in [2.45, 2.75) is 6.54 Å². The van der Waals surface area contributed by atoms with E-state index in [1.54, 1.807) is 22.3 Å². The van der Waals surface area contributed by atoms with Crippen molar-refractivity contribution in [1.29, 1.82) is 0 Å². The third-order valence-corrected chi connectivity index (χ3v) is 3.27. The maximum absolute atomic E-state index is 10.7. The molecule has 0 atom stereocenters. The zero-order valence-electron chi connectivity index (χ0n) is 10.1. The number of nitrogens with zero attached hydrogens (tertiary/aromatic N) is 2. The number of aliphatic carboxylic acids is 1. The maximum Gasteiger partial charge on any atom is 0.317 e. The number of hydrogen-bond donors (Lipinski definition) is 1. The summed E-state index contributed by atoms with van der Waals surface area (Å²) in [6, 6.07) is 5.67. The van der Waals surface area contributed by atoms with Crippen molar-refractivity contribution in [2.24, 2.45) is 0 Å². The van der Waals surface area contributed by atoms with Crippen molar-refractivity contribution in [3.63, 3.8) is 0 Å². The van der Waals surface area contributed by atoms with Crippen LogP contribution in [-0.2, 0) is 11.3 Å². The number of carbonyl (C=O) groups is 1. The SMILES string of the molecule is C#CCN(CC(=O)O)Cc1cc(-c2cccs2)on1. The zero-order chi connectivity index (χ0) is 13.7. The van der Waals surface area contributed by atoms with E-state index in [4.69, 9.17) is 16.1 Å². The third kappa shape index (κ3) is 3.68. The monoisotopic (exact) mass is 276 g/mol. The molecule has 0 fully saturated rings. The zero-order valence-corrected chi connectivity index (χ0v) is 10.9. The fourth-order valence-electron chi connectivity index (χ4n) is 1.64. The second-order valence-corrected chi connectivity index (χ2v) is 4.85. The van der Waals surface area contributed by atoms with E-state index in [0.29, 0.717) is 18.0 Å². The first kappa shape index (κ1) is 13.3. The van der Waals surface area contributed by atoms with Crippen molar-refractivity contribution in [2.75, 3.05) is 13.1 Å². The number of rotatable bonds is 6. The highest BCUT2D eigenvalue weighted by atomic mass is 32.1. The molecule has 5 nitrogen and oxygen atoms in total. The van der Waals surface area contributed by atoms with Gasteiger partial charge in [-0.15, -0.1) is 17.8 Å². The number of carboxylic acid groups (broad SMARTS) is 1. The van der Waals surface area contributed by atoms with E-state index >= 15 is 0 Å². The number of terminal acetylenes is 1. The Bertz CT molecular complexity index is 583. The minimum Gasteiger partial charge on any atom is -0.480 e. The van der Waals surface area contributed by atoms with Crippen LogP contribution in [0.2, 0.25) is 0 Å². The molecule has 0 saturated carbocycles. The van der Waals surface area contributed by atoms with Gasteiger partial charge in [0.15, 0.2) is 5.76 Å². The van der Waals surface area contributed by atoms with Crippen LogP contribution in [0.3, 0.4) is 0 Å². The van der Waals surface area contributed by atoms with E-state index in [-0.39, 0.29) is 13.1 Å². The lowest BCUT2D eigenvalue weighted by Crippen LogP contribution is -2.29. The van der Waals surface area contributed by atoms with Crippen molar-refractivity contribution in [3.8, 4) is 23.0 Å². The molecule has 1 N–H and O–H groups in total. The summed E-state index contributed by atoms with van der Waals surface area (Å²) in [6.45, 7) is 0.490. The molecule has 0 spiro atoms. The summed E-state index contributed by atoms with van der Waals surface area (Å²) in [5, 5.41) is 14.7. The normalized spacial score (nSPS) is 10.5. The van der Waals surface area contributed by atoms with Crippen molar-refractivity contribution >= 4 is 17.3 Å². The van der Waals surface area contributed by atoms with Crippen molar-refractivity contribution < 1.29 is 14.4 Å². The fraction of sp³-hybridized carbons (Fsp3) is 0.231. The highest BCUT2D eigenvalue weighted by Crippen LogP contribution is 2.25. The number of hydrogen-bond acceptors (Lipinski definition) is 5. The number of carboxylic acids is 1. The van der Waals surface area contributed by atoms with Crippen LogP contribution in [0.1, 0.15) is 5.69 Å². The predicted molar refractivity (Wildman–Crippen MR) is 71.6 cm³/mol. The summed E-state index contributed by atoms with van der Waals surface area (Å²) in [5.41, 5.74) is 0.667. The van der Waals surface area contributed by atoms with E-state index in [2.05, 4.69) is 11.1 Å². The van der Waals surface area contributed by atoms with Gasteiger partial charge < -0.3 is 9.63 Å². The Morgan fingerprint density at radius 1 is 1.63 bits per heavy atom. The van der Waals surface area contributed by atoms with Crippen LogP contribution in [-0.4, -0.2) is 34.2 Å². The lowest BCUT2D eigenvalue weighted by molar-refractivity contribution is -0.138. The van der Waals surface area contributed by atoms with E-state index in [1.165, 1.54) is 0 Å². The van der Waals surface area contributed by atoms with Gasteiger partial charge in [-0.3, -0.25) is 9.69 Å². The average molecular weight is 276 g/mol. The van der Waals surface area contributed by atoms with E-state index in [1.807, 2.05) is 17.5 Å². The Kier molecular flexibility index (Phi) is 4.34. The van der Waals surface area contributed by atoms with Gasteiger partial charge in [0, 0.05) is 12.6 Å². The van der Waals surface area contributed by atoms with Gasteiger partial charge in [-0.05, 0) is 11.4 Å². The molecule has 2 aromatic rings. The topological polar surface area (TPSA) is 66.6 Å². The second-order valence-electron chi connectivity index (χ2n) is 3.90. The molecular formula is C13H12N2O3S. The predicted octanol–water partition coefficient (Wildman–Crippen LogP) is 1.92. The van der Waals surface area contributed by atoms with Crippen LogP contribution in [0, 0.1) is 12.3 Å². The second kappa shape index (κ2) is 6.18. The van der Waals surface area contributed by atoms with Crippen LogP contribution in [0.15, 0.2) is 28.1 Å². The van der Waals surface area contributed by atoms with Crippen molar-refractivity contribution in [3.05, 3.63) is 29.3 Å². The molecule has 0 radical (unpaired) electrons. The Balaban J connectivity index is 2.06. The van der Waals surface area contributed by atoms with Gasteiger partial charge in [0.05, 0.1) is 23.7 Å². The lowest BCUT2D eigenvalue weighted by Gasteiger charge is -2.14. The summed E-state index contributed by atoms with van der Waals surface area (Å²) >= 11 is 1.56. The summed E-state index contributed by atoms with van der Waals surface area (Å²) in [7, 11) is 0. The molecule has 2 heterocycles. The van der Waals surface area contributed by atoms with E-state index in [0.717, 1.165) is 4.88 Å². The number of aromatic nitrogens is 1. The van der Waals surface area contributed by atoms with Gasteiger partial charge in [-0.25, -0.2) is 0 Å². The van der Waals surface area contributed by atoms with Crippen LogP contribution in [0.5, 0.6) is 0 Å². The molecule has 2 aromatic heterocycles. The highest BCUT2D eigenvalue weighted by Gasteiger charge is 2.13. The van der Waals surface area contributed by atoms with Crippen LogP contribution in [0.25, 0.3) is 10.6 Å². The molecule has 0 aromatic carbocycles. The first-order valence-corrected chi connectivity index (χ1v) is 6.44. The largest absolute Gasteiger partial charge is 0.480 e. The molecule has 19 heavy (non-hydrogen) atoms. The molecule has 0 aliphatic carbocycles. The summed E-state index contributed by atoms with van der Waals surface area (Å²) in [4.78, 5) is 13.3. The van der Waals surface area contributed by atoms with Crippen molar-refractivity contribution in [1.82, 2.24) is 10.1 Å². The minimum absolute atomic E-state index is 0.120. The first-order chi connectivity index (χ1) is 9.19. The third-order valence-electron chi connectivity index (χ3n) is 2.38. The molecule has 2 rings (SSSR count). The first-order valence-electron chi connectivity index (χ1n) is 5.56. The Hall–Kier alpha value is -2.10. The fourth-order valence-corrected chi connectivity index (χ4v) is 2.31. The molecule has 0 aliphatic heterocycles. The summed E-state index contributed by atoms with van der Waals surface area (Å²) < 4.78 is 5.23. The number of thiophene rings is 1. The average Bonchev–Trinajstić information content (AvgIpc) is 2.97. The minimum atomic E-state index is -0.919. The Labute approximate surface area is 114 Å². The Morgan fingerprint density at radius 3 is 3.11 bits per heavy atom. The highest BCUT2D eigenvalue weighted by molar-refractivity contribution is 7.13. The van der Waals surface area contributed by atoms with E-state index < -0.39 is 5.97 Å². The van der Waals surface area contributed by atoms with Crippen LogP contribution >= 0.6 is 11.3 Å². The smallest absolute Gasteiger partial charge is 0.317 e. The molecule has 0 aliphatic rings. The van der Waals surface area contributed by atoms with Gasteiger partial charge >= 0.3 is 5.97 Å². The molecule has 0 saturated heterocycles. The van der Waals surface area contributed by atoms with E-state index in [9.17, 15) is 4.79 Å². The molecule has 0 bridgehead atoms. The van der Waals surface area contributed by atoms with Gasteiger partial charge in [-0.2, -0.15) is 0 Å². The molecule has 0 unspecified atom stereocenters. The lowest BCUT2D eigenvalue weighted by atomic mass is 10.3. The summed E-state index contributed by atoms with van der Waals surface area (Å²) in [6.07, 6.45) is 5.21. The molecule has 98 valence electrons. The summed E-state index contributed by atoms with van der Waals surface area (Å²) in [5.74, 6) is 2.20. The molecular weight excluding hydrogens is 264 g/mol. The molecule has 0 amide bonds. The van der Waals surface area contributed by atoms with Gasteiger partial charge in [0.1, 0.15) is 0 Å². The van der Waals surface area contributed by atoms with Crippen LogP contribution < -0.4 is 0 Å². The van der Waals surface area contributed by atoms with Gasteiger partial charge in [0.25, 0.3) is 0 Å². The molecule has 6 heteroatoms. The Morgan fingerprint density at radius 2 is 2.47 bits per heavy atom. The standard InChI is InChI=1S/C13H12N2O3S/c1-2-5-15(9-13(16)17)8-10-7-11(18-14-10)12-4-3-6-19-12/h1,3-4,6-7H,5,8-9H2,(H,16,17). The van der Waals surface area contributed by atoms with Gasteiger partial charge in [-0.1, -0.05) is 17.1 Å². The maximum atomic E-state index is 10.7. The quantitative estimate of drug-likeness (QED) is 0.816. The van der Waals surface area contributed by atoms with Crippen LogP contribution in [0.4, 0.5) is 0 Å².